The largest absolute Gasteiger partial charge is 0.494 e. The molecule has 36 heavy (non-hydrogen) atoms. The maximum Gasteiger partial charge on any atom is 0.317 e. The van der Waals surface area contributed by atoms with Gasteiger partial charge in [-0.25, -0.2) is 4.98 Å². The quantitative estimate of drug-likeness (QED) is 0.664. The number of carboxylic acid groups (broad SMARTS) is 1. The van der Waals surface area contributed by atoms with Crippen LogP contribution in [0.4, 0.5) is 0 Å². The van der Waals surface area contributed by atoms with E-state index in [4.69, 9.17) is 4.74 Å². The number of imidazole rings is 1. The number of carboxylic acids is 1. The summed E-state index contributed by atoms with van der Waals surface area (Å²) in [6, 6.07) is 7.69. The summed E-state index contributed by atoms with van der Waals surface area (Å²) in [6.45, 7) is 3.45. The third-order valence-corrected chi connectivity index (χ3v) is 6.68. The monoisotopic (exact) mass is 497 g/mol. The van der Waals surface area contributed by atoms with Gasteiger partial charge < -0.3 is 24.6 Å². The molecule has 2 N–H and O–H groups in total. The van der Waals surface area contributed by atoms with Crippen molar-refractivity contribution in [1.82, 2.24) is 24.7 Å². The predicted molar refractivity (Wildman–Crippen MR) is 133 cm³/mol. The number of ether oxygens (including phenoxy) is 1. The molecule has 0 radical (unpaired) electrons. The number of nitrogens with zero attached hydrogens (tertiary/aromatic N) is 4. The normalized spacial score (nSPS) is 20.2. The first-order valence-corrected chi connectivity index (χ1v) is 12.7. The highest BCUT2D eigenvalue weighted by molar-refractivity contribution is 5.82. The second-order valence-electron chi connectivity index (χ2n) is 9.44. The molecule has 1 fully saturated rings. The van der Waals surface area contributed by atoms with Gasteiger partial charge in [-0.1, -0.05) is 12.1 Å². The number of amides is 2. The van der Waals surface area contributed by atoms with E-state index in [0.29, 0.717) is 65.0 Å². The molecule has 0 saturated carbocycles. The van der Waals surface area contributed by atoms with Crippen LogP contribution in [0.3, 0.4) is 0 Å². The first kappa shape index (κ1) is 25.7. The summed E-state index contributed by atoms with van der Waals surface area (Å²) in [6.07, 6.45) is 7.39. The van der Waals surface area contributed by atoms with E-state index in [-0.39, 0.29) is 24.4 Å². The molecule has 2 amide bonds. The summed E-state index contributed by atoms with van der Waals surface area (Å²) in [5.74, 6) is 0.746. The molecule has 0 unspecified atom stereocenters. The number of benzene rings is 1. The molecule has 4 rings (SSSR count). The molecule has 2 aliphatic rings. The van der Waals surface area contributed by atoms with Gasteiger partial charge in [0.1, 0.15) is 11.6 Å². The van der Waals surface area contributed by atoms with Crippen molar-refractivity contribution in [2.24, 2.45) is 0 Å². The van der Waals surface area contributed by atoms with Gasteiger partial charge in [0.25, 0.3) is 0 Å². The molecule has 10 heteroatoms. The molecule has 0 aliphatic carbocycles. The van der Waals surface area contributed by atoms with Crippen molar-refractivity contribution in [1.29, 1.82) is 0 Å². The fraction of sp³-hybridized carbons (Fsp3) is 0.538. The molecule has 10 nitrogen and oxygen atoms in total. The van der Waals surface area contributed by atoms with Crippen LogP contribution in [0.2, 0.25) is 0 Å². The molecule has 0 spiro atoms. The number of aliphatic carboxylic acids is 1. The maximum absolute atomic E-state index is 13.0. The Morgan fingerprint density at radius 3 is 2.75 bits per heavy atom. The SMILES string of the molecule is O=C(O)CN1CCCCN(C(=O)C[C@@H]2CCC(=O)N2)CCCOc2cccc(c2)-c2nccn2CC1. The molecule has 3 heterocycles. The highest BCUT2D eigenvalue weighted by Gasteiger charge is 2.25. The predicted octanol–water partition coefficient (Wildman–Crippen LogP) is 2.00. The minimum absolute atomic E-state index is 0.00720. The third-order valence-electron chi connectivity index (χ3n) is 6.68. The van der Waals surface area contributed by atoms with E-state index in [2.05, 4.69) is 10.3 Å². The summed E-state index contributed by atoms with van der Waals surface area (Å²) in [7, 11) is 0. The van der Waals surface area contributed by atoms with Gasteiger partial charge in [-0.05, 0) is 44.4 Å². The Bertz CT molecular complexity index is 1050. The van der Waals surface area contributed by atoms with Crippen molar-refractivity contribution in [3.05, 3.63) is 36.7 Å². The number of nitrogens with one attached hydrogen (secondary N) is 1. The van der Waals surface area contributed by atoms with Crippen LogP contribution in [0.15, 0.2) is 36.7 Å². The standard InChI is InChI=1S/C26H35N5O5/c32-23-8-7-21(28-23)18-24(33)30-11-2-1-10-29(19-25(34)35)14-15-31-13-9-27-26(31)20-5-3-6-22(17-20)36-16-4-12-30/h3,5-6,9,13,17,21H,1-2,4,7-8,10-12,14-16,18-19H2,(H,28,32)(H,34,35)/t21-/m0/s1. The zero-order valence-corrected chi connectivity index (χ0v) is 20.6. The number of hydrogen-bond acceptors (Lipinski definition) is 6. The van der Waals surface area contributed by atoms with Gasteiger partial charge in [-0.2, -0.15) is 0 Å². The summed E-state index contributed by atoms with van der Waals surface area (Å²) in [5, 5.41) is 12.3. The van der Waals surface area contributed by atoms with Crippen molar-refractivity contribution >= 4 is 17.8 Å². The van der Waals surface area contributed by atoms with Crippen molar-refractivity contribution < 1.29 is 24.2 Å². The van der Waals surface area contributed by atoms with Crippen LogP contribution in [0.5, 0.6) is 5.75 Å². The number of rotatable bonds is 4. The van der Waals surface area contributed by atoms with Gasteiger partial charge in [0.15, 0.2) is 0 Å². The Morgan fingerprint density at radius 1 is 1.11 bits per heavy atom. The first-order chi connectivity index (χ1) is 17.5. The first-order valence-electron chi connectivity index (χ1n) is 12.7. The molecule has 2 aliphatic heterocycles. The van der Waals surface area contributed by atoms with Crippen LogP contribution >= 0.6 is 0 Å². The van der Waals surface area contributed by atoms with E-state index < -0.39 is 5.97 Å². The summed E-state index contributed by atoms with van der Waals surface area (Å²) in [4.78, 5) is 44.3. The number of carbonyl (C=O) groups is 3. The smallest absolute Gasteiger partial charge is 0.317 e. The van der Waals surface area contributed by atoms with Crippen LogP contribution in [0.1, 0.15) is 38.5 Å². The minimum atomic E-state index is -0.855. The van der Waals surface area contributed by atoms with Crippen LogP contribution in [0, 0.1) is 0 Å². The molecule has 1 atom stereocenters. The fourth-order valence-corrected chi connectivity index (χ4v) is 4.80. The second-order valence-corrected chi connectivity index (χ2v) is 9.44. The Morgan fingerprint density at radius 2 is 1.94 bits per heavy atom. The highest BCUT2D eigenvalue weighted by Crippen LogP contribution is 2.23. The lowest BCUT2D eigenvalue weighted by Crippen LogP contribution is -2.38. The van der Waals surface area contributed by atoms with Gasteiger partial charge in [0.05, 0.1) is 13.2 Å². The van der Waals surface area contributed by atoms with Crippen molar-refractivity contribution in [3.63, 3.8) is 0 Å². The molecule has 2 aromatic rings. The lowest BCUT2D eigenvalue weighted by molar-refractivity contribution is -0.138. The molecular weight excluding hydrogens is 462 g/mol. The minimum Gasteiger partial charge on any atom is -0.494 e. The number of aromatic nitrogens is 2. The number of hydrogen-bond donors (Lipinski definition) is 2. The van der Waals surface area contributed by atoms with Gasteiger partial charge in [-0.15, -0.1) is 0 Å². The summed E-state index contributed by atoms with van der Waals surface area (Å²) >= 11 is 0. The van der Waals surface area contributed by atoms with Gasteiger partial charge in [0.2, 0.25) is 11.8 Å². The zero-order chi connectivity index (χ0) is 25.3. The second kappa shape index (κ2) is 12.5. The Hall–Kier alpha value is -3.40. The molecule has 194 valence electrons. The van der Waals surface area contributed by atoms with Gasteiger partial charge >= 0.3 is 5.97 Å². The van der Waals surface area contributed by atoms with Crippen molar-refractivity contribution in [3.8, 4) is 17.1 Å². The topological polar surface area (TPSA) is 117 Å². The van der Waals surface area contributed by atoms with E-state index in [9.17, 15) is 19.5 Å². The van der Waals surface area contributed by atoms with E-state index in [1.807, 2.05) is 44.8 Å². The van der Waals surface area contributed by atoms with Crippen molar-refractivity contribution in [2.75, 3.05) is 39.3 Å². The summed E-state index contributed by atoms with van der Waals surface area (Å²) < 4.78 is 8.03. The molecule has 2 bridgehead atoms. The molecule has 1 aromatic carbocycles. The van der Waals surface area contributed by atoms with Crippen LogP contribution in [-0.4, -0.2) is 87.6 Å². The van der Waals surface area contributed by atoms with Crippen molar-refractivity contribution in [2.45, 2.75) is 51.1 Å². The van der Waals surface area contributed by atoms with E-state index in [0.717, 1.165) is 30.0 Å². The number of carbonyl (C=O) groups excluding carboxylic acids is 2. The van der Waals surface area contributed by atoms with E-state index in [1.54, 1.807) is 6.20 Å². The third kappa shape index (κ3) is 7.30. The summed E-state index contributed by atoms with van der Waals surface area (Å²) in [5.41, 5.74) is 0.932. The average Bonchev–Trinajstić information content (AvgIpc) is 3.49. The van der Waals surface area contributed by atoms with Gasteiger partial charge in [0, 0.05) is 63.0 Å². The van der Waals surface area contributed by atoms with Crippen LogP contribution < -0.4 is 10.1 Å². The molecule has 1 aromatic heterocycles. The molecule has 1 saturated heterocycles. The lowest BCUT2D eigenvalue weighted by atomic mass is 10.1. The molecular formula is C26H35N5O5. The van der Waals surface area contributed by atoms with E-state index in [1.165, 1.54) is 0 Å². The van der Waals surface area contributed by atoms with Crippen LogP contribution in [0.25, 0.3) is 11.4 Å². The average molecular weight is 498 g/mol. The Labute approximate surface area is 211 Å². The van der Waals surface area contributed by atoms with Gasteiger partial charge in [-0.3, -0.25) is 19.3 Å². The maximum atomic E-state index is 13.0. The fourth-order valence-electron chi connectivity index (χ4n) is 4.80. The van der Waals surface area contributed by atoms with Crippen LogP contribution in [-0.2, 0) is 20.9 Å². The Kier molecular flexibility index (Phi) is 8.94. The Balaban J connectivity index is 1.46. The van der Waals surface area contributed by atoms with E-state index >= 15 is 0 Å². The lowest BCUT2D eigenvalue weighted by Gasteiger charge is -2.25. The number of fused-ring (bicyclic) bond motifs is 4. The zero-order valence-electron chi connectivity index (χ0n) is 20.6. The highest BCUT2D eigenvalue weighted by atomic mass is 16.5.